The number of likely N-dealkylation sites (tertiary alicyclic amines) is 1. The van der Waals surface area contributed by atoms with Gasteiger partial charge in [0.15, 0.2) is 0 Å². The van der Waals surface area contributed by atoms with Gasteiger partial charge in [0.25, 0.3) is 0 Å². The third kappa shape index (κ3) is 3.46. The number of nitrogens with zero attached hydrogens (tertiary/aromatic N) is 4. The molecule has 3 aliphatic rings. The Bertz CT molecular complexity index is 956. The number of rotatable bonds is 4. The summed E-state index contributed by atoms with van der Waals surface area (Å²) in [6.45, 7) is 13.1. The molecule has 5 rings (SSSR count). The summed E-state index contributed by atoms with van der Waals surface area (Å²) < 4.78 is 0. The van der Waals surface area contributed by atoms with E-state index in [4.69, 9.17) is 0 Å². The lowest BCUT2D eigenvalue weighted by Crippen LogP contribution is -2.35. The van der Waals surface area contributed by atoms with Crippen LogP contribution in [-0.4, -0.2) is 55.7 Å². The fourth-order valence-corrected chi connectivity index (χ4v) is 6.22. The van der Waals surface area contributed by atoms with Crippen molar-refractivity contribution in [3.05, 3.63) is 36.0 Å². The van der Waals surface area contributed by atoms with Gasteiger partial charge in [-0.3, -0.25) is 4.98 Å². The largest absolute Gasteiger partial charge is 0.370 e. The average Bonchev–Trinajstić information content (AvgIpc) is 3.49. The molecular formula is C25H33N5. The Morgan fingerprint density at radius 2 is 2.17 bits per heavy atom. The molecule has 0 bridgehead atoms. The van der Waals surface area contributed by atoms with Crippen LogP contribution in [0.3, 0.4) is 0 Å². The van der Waals surface area contributed by atoms with Gasteiger partial charge in [0.05, 0.1) is 11.1 Å². The number of nitrogens with one attached hydrogen (secondary N) is 1. The Morgan fingerprint density at radius 1 is 1.27 bits per heavy atom. The lowest BCUT2D eigenvalue weighted by atomic mass is 9.85. The summed E-state index contributed by atoms with van der Waals surface area (Å²) in [4.78, 5) is 9.82. The molecule has 0 aliphatic carbocycles. The number of hydrogen-bond donors (Lipinski definition) is 1. The molecule has 3 saturated heterocycles. The minimum atomic E-state index is 0.542. The molecule has 158 valence electrons. The van der Waals surface area contributed by atoms with Crippen LogP contribution in [0.15, 0.2) is 30.5 Å². The third-order valence-electron chi connectivity index (χ3n) is 7.90. The summed E-state index contributed by atoms with van der Waals surface area (Å²) in [5.41, 5.74) is 3.28. The SMILES string of the molecule is CC(C)C1CN(c2ccc(C#N)c3ncccc23)CC1CN1CCC2(CCNC2)C1. The number of anilines is 1. The summed E-state index contributed by atoms with van der Waals surface area (Å²) in [5, 5.41) is 14.2. The number of fused-ring (bicyclic) bond motifs is 1. The van der Waals surface area contributed by atoms with E-state index in [2.05, 4.69) is 52.2 Å². The highest BCUT2D eigenvalue weighted by molar-refractivity contribution is 5.95. The lowest BCUT2D eigenvalue weighted by Gasteiger charge is -2.28. The topological polar surface area (TPSA) is 55.2 Å². The molecule has 1 spiro atoms. The van der Waals surface area contributed by atoms with Crippen molar-refractivity contribution in [1.29, 1.82) is 5.26 Å². The molecule has 3 unspecified atom stereocenters. The lowest BCUT2D eigenvalue weighted by molar-refractivity contribution is 0.204. The first-order valence-electron chi connectivity index (χ1n) is 11.5. The molecule has 1 N–H and O–H groups in total. The molecule has 0 saturated carbocycles. The third-order valence-corrected chi connectivity index (χ3v) is 7.90. The molecule has 1 aromatic heterocycles. The first kappa shape index (κ1) is 19.8. The normalized spacial score (nSPS) is 29.5. The fourth-order valence-electron chi connectivity index (χ4n) is 6.22. The number of hydrogen-bond acceptors (Lipinski definition) is 5. The summed E-state index contributed by atoms with van der Waals surface area (Å²) in [5.74, 6) is 2.06. The van der Waals surface area contributed by atoms with Gasteiger partial charge < -0.3 is 15.1 Å². The molecule has 30 heavy (non-hydrogen) atoms. The molecule has 3 atom stereocenters. The van der Waals surface area contributed by atoms with Crippen molar-refractivity contribution in [3.63, 3.8) is 0 Å². The van der Waals surface area contributed by atoms with Crippen molar-refractivity contribution in [2.24, 2.45) is 23.2 Å². The molecule has 3 fully saturated rings. The van der Waals surface area contributed by atoms with E-state index in [0.29, 0.717) is 28.7 Å². The number of benzene rings is 1. The van der Waals surface area contributed by atoms with E-state index < -0.39 is 0 Å². The van der Waals surface area contributed by atoms with Crippen molar-refractivity contribution in [2.75, 3.05) is 50.7 Å². The first-order chi connectivity index (χ1) is 14.6. The molecule has 0 radical (unpaired) electrons. The van der Waals surface area contributed by atoms with Crippen LogP contribution in [-0.2, 0) is 0 Å². The van der Waals surface area contributed by atoms with Crippen molar-refractivity contribution >= 4 is 16.6 Å². The van der Waals surface area contributed by atoms with E-state index in [1.807, 2.05) is 12.1 Å². The van der Waals surface area contributed by atoms with Crippen molar-refractivity contribution < 1.29 is 0 Å². The predicted molar refractivity (Wildman–Crippen MR) is 121 cm³/mol. The Morgan fingerprint density at radius 3 is 2.93 bits per heavy atom. The molecule has 5 nitrogen and oxygen atoms in total. The van der Waals surface area contributed by atoms with Gasteiger partial charge in [-0.15, -0.1) is 0 Å². The van der Waals surface area contributed by atoms with Gasteiger partial charge in [-0.2, -0.15) is 5.26 Å². The van der Waals surface area contributed by atoms with E-state index in [9.17, 15) is 5.26 Å². The van der Waals surface area contributed by atoms with Gasteiger partial charge in [-0.05, 0) is 73.4 Å². The molecule has 3 aliphatic heterocycles. The van der Waals surface area contributed by atoms with Gasteiger partial charge in [-0.1, -0.05) is 13.8 Å². The molecule has 1 aromatic carbocycles. The van der Waals surface area contributed by atoms with Crippen LogP contribution in [0.2, 0.25) is 0 Å². The molecule has 4 heterocycles. The zero-order chi connectivity index (χ0) is 20.7. The van der Waals surface area contributed by atoms with Gasteiger partial charge >= 0.3 is 0 Å². The zero-order valence-corrected chi connectivity index (χ0v) is 18.3. The van der Waals surface area contributed by atoms with E-state index in [1.165, 1.54) is 51.3 Å². The zero-order valence-electron chi connectivity index (χ0n) is 18.3. The van der Waals surface area contributed by atoms with Crippen LogP contribution in [0.1, 0.15) is 32.3 Å². The van der Waals surface area contributed by atoms with Crippen LogP contribution in [0.25, 0.3) is 10.9 Å². The van der Waals surface area contributed by atoms with Gasteiger partial charge in [0.1, 0.15) is 6.07 Å². The van der Waals surface area contributed by atoms with E-state index in [-0.39, 0.29) is 0 Å². The maximum absolute atomic E-state index is 9.48. The van der Waals surface area contributed by atoms with Crippen LogP contribution < -0.4 is 10.2 Å². The molecule has 5 heteroatoms. The van der Waals surface area contributed by atoms with Crippen LogP contribution >= 0.6 is 0 Å². The van der Waals surface area contributed by atoms with Gasteiger partial charge in [-0.25, -0.2) is 0 Å². The van der Waals surface area contributed by atoms with Gasteiger partial charge in [0.2, 0.25) is 0 Å². The Labute approximate surface area is 180 Å². The van der Waals surface area contributed by atoms with E-state index in [1.54, 1.807) is 6.20 Å². The van der Waals surface area contributed by atoms with Gasteiger partial charge in [0, 0.05) is 50.0 Å². The fraction of sp³-hybridized carbons (Fsp3) is 0.600. The minimum absolute atomic E-state index is 0.542. The monoisotopic (exact) mass is 403 g/mol. The quantitative estimate of drug-likeness (QED) is 0.847. The van der Waals surface area contributed by atoms with Crippen LogP contribution in [0.4, 0.5) is 5.69 Å². The van der Waals surface area contributed by atoms with Crippen molar-refractivity contribution in [2.45, 2.75) is 26.7 Å². The number of pyridine rings is 1. The highest BCUT2D eigenvalue weighted by atomic mass is 15.2. The summed E-state index contributed by atoms with van der Waals surface area (Å²) in [7, 11) is 0. The predicted octanol–water partition coefficient (Wildman–Crippen LogP) is 3.50. The Hall–Kier alpha value is -2.16. The first-order valence-corrected chi connectivity index (χ1v) is 11.5. The van der Waals surface area contributed by atoms with Crippen LogP contribution in [0.5, 0.6) is 0 Å². The summed E-state index contributed by atoms with van der Waals surface area (Å²) >= 11 is 0. The minimum Gasteiger partial charge on any atom is -0.370 e. The second kappa shape index (κ2) is 7.83. The standard InChI is InChI=1S/C25H33N5/c1-18(2)22-15-30(23-6-5-19(12-26)24-21(23)4-3-9-28-24)14-20(22)13-29-11-8-25(17-29)7-10-27-16-25/h3-6,9,18,20,22,27H,7-8,10-11,13-17H2,1-2H3. The molecule has 0 amide bonds. The second-order valence-electron chi connectivity index (χ2n) is 10.1. The highest BCUT2D eigenvalue weighted by Crippen LogP contribution is 2.40. The van der Waals surface area contributed by atoms with E-state index in [0.717, 1.165) is 24.0 Å². The molecular weight excluding hydrogens is 370 g/mol. The Balaban J connectivity index is 1.37. The highest BCUT2D eigenvalue weighted by Gasteiger charge is 2.43. The maximum atomic E-state index is 9.48. The summed E-state index contributed by atoms with van der Waals surface area (Å²) in [6.07, 6.45) is 4.49. The van der Waals surface area contributed by atoms with E-state index >= 15 is 0 Å². The van der Waals surface area contributed by atoms with Crippen molar-refractivity contribution in [1.82, 2.24) is 15.2 Å². The molecule has 2 aromatic rings. The van der Waals surface area contributed by atoms with Crippen LogP contribution in [0, 0.1) is 34.5 Å². The summed E-state index contributed by atoms with van der Waals surface area (Å²) in [6, 6.07) is 10.5. The second-order valence-corrected chi connectivity index (χ2v) is 10.1. The number of nitriles is 1. The smallest absolute Gasteiger partial charge is 0.101 e. The van der Waals surface area contributed by atoms with Crippen molar-refractivity contribution in [3.8, 4) is 6.07 Å². The average molecular weight is 404 g/mol. The maximum Gasteiger partial charge on any atom is 0.101 e. The number of aromatic nitrogens is 1. The Kier molecular flexibility index (Phi) is 5.16.